The summed E-state index contributed by atoms with van der Waals surface area (Å²) in [6, 6.07) is 13.0. The Kier molecular flexibility index (Phi) is 4.52. The normalized spacial score (nSPS) is 10.7. The standard InChI is InChI=1S/C17H15N3O3S/c1-10-6-12(11-2-4-14(21)5-3-11)8-13(7-10)16-18-17(20-19-16)24-9-15(22)23/h2-8,21H,9H2,1H3,(H,22,23)(H,18,19,20). The van der Waals surface area contributed by atoms with Crippen molar-refractivity contribution in [3.63, 3.8) is 0 Å². The first-order valence-electron chi connectivity index (χ1n) is 7.20. The van der Waals surface area contributed by atoms with Crippen molar-refractivity contribution < 1.29 is 15.0 Å². The number of nitrogens with one attached hydrogen (secondary N) is 1. The highest BCUT2D eigenvalue weighted by molar-refractivity contribution is 7.99. The van der Waals surface area contributed by atoms with Crippen molar-refractivity contribution >= 4 is 17.7 Å². The van der Waals surface area contributed by atoms with Crippen molar-refractivity contribution in [2.75, 3.05) is 5.75 Å². The van der Waals surface area contributed by atoms with Gasteiger partial charge in [-0.05, 0) is 47.9 Å². The topological polar surface area (TPSA) is 99.1 Å². The lowest BCUT2D eigenvalue weighted by molar-refractivity contribution is -0.133. The summed E-state index contributed by atoms with van der Waals surface area (Å²) in [6.07, 6.45) is 0. The molecule has 122 valence electrons. The average Bonchev–Trinajstić information content (AvgIpc) is 3.02. The number of carboxylic acid groups (broad SMARTS) is 1. The van der Waals surface area contributed by atoms with E-state index in [1.807, 2.05) is 37.3 Å². The quantitative estimate of drug-likeness (QED) is 0.616. The fourth-order valence-electron chi connectivity index (χ4n) is 2.31. The summed E-state index contributed by atoms with van der Waals surface area (Å²) < 4.78 is 0. The molecule has 2 aromatic carbocycles. The predicted molar refractivity (Wildman–Crippen MR) is 92.0 cm³/mol. The molecule has 1 aromatic heterocycles. The van der Waals surface area contributed by atoms with Crippen LogP contribution in [0, 0.1) is 6.92 Å². The average molecular weight is 341 g/mol. The van der Waals surface area contributed by atoms with Gasteiger partial charge >= 0.3 is 5.97 Å². The molecule has 0 amide bonds. The van der Waals surface area contributed by atoms with Gasteiger partial charge < -0.3 is 10.2 Å². The van der Waals surface area contributed by atoms with Crippen molar-refractivity contribution in [1.29, 1.82) is 0 Å². The van der Waals surface area contributed by atoms with Crippen LogP contribution in [-0.2, 0) is 4.79 Å². The van der Waals surface area contributed by atoms with E-state index in [9.17, 15) is 9.90 Å². The van der Waals surface area contributed by atoms with Crippen LogP contribution >= 0.6 is 11.8 Å². The molecule has 0 aliphatic rings. The molecule has 0 radical (unpaired) electrons. The highest BCUT2D eigenvalue weighted by atomic mass is 32.2. The van der Waals surface area contributed by atoms with E-state index in [0.29, 0.717) is 11.0 Å². The first kappa shape index (κ1) is 16.1. The fourth-order valence-corrected chi connectivity index (χ4v) is 2.83. The largest absolute Gasteiger partial charge is 0.508 e. The number of thioether (sulfide) groups is 1. The van der Waals surface area contributed by atoms with Crippen LogP contribution < -0.4 is 0 Å². The van der Waals surface area contributed by atoms with Crippen molar-refractivity contribution in [2.45, 2.75) is 12.1 Å². The number of hydrogen-bond acceptors (Lipinski definition) is 5. The lowest BCUT2D eigenvalue weighted by Gasteiger charge is -2.06. The number of hydrogen-bond donors (Lipinski definition) is 3. The van der Waals surface area contributed by atoms with Crippen molar-refractivity contribution in [3.8, 4) is 28.3 Å². The number of aromatic hydroxyl groups is 1. The SMILES string of the molecule is Cc1cc(-c2ccc(O)cc2)cc(-c2nc(SCC(=O)O)n[nH]2)c1. The Morgan fingerprint density at radius 3 is 2.54 bits per heavy atom. The number of H-pyrrole nitrogens is 1. The molecule has 0 saturated heterocycles. The number of carbonyl (C=O) groups is 1. The summed E-state index contributed by atoms with van der Waals surface area (Å²) >= 11 is 1.07. The molecule has 0 aliphatic carbocycles. The minimum atomic E-state index is -0.906. The summed E-state index contributed by atoms with van der Waals surface area (Å²) in [5.74, 6) is -0.172. The van der Waals surface area contributed by atoms with Gasteiger partial charge in [0.05, 0.1) is 5.75 Å². The molecule has 0 spiro atoms. The summed E-state index contributed by atoms with van der Waals surface area (Å²) in [5, 5.41) is 25.4. The molecule has 3 aromatic rings. The Morgan fingerprint density at radius 1 is 1.12 bits per heavy atom. The monoisotopic (exact) mass is 341 g/mol. The number of aliphatic carboxylic acids is 1. The fraction of sp³-hybridized carbons (Fsp3) is 0.118. The van der Waals surface area contributed by atoms with E-state index in [1.54, 1.807) is 12.1 Å². The van der Waals surface area contributed by atoms with Crippen LogP contribution in [0.15, 0.2) is 47.6 Å². The van der Waals surface area contributed by atoms with Crippen LogP contribution in [0.2, 0.25) is 0 Å². The molecule has 1 heterocycles. The molecule has 0 atom stereocenters. The summed E-state index contributed by atoms with van der Waals surface area (Å²) in [7, 11) is 0. The van der Waals surface area contributed by atoms with Gasteiger partial charge in [-0.15, -0.1) is 5.10 Å². The number of aromatic nitrogens is 3. The summed E-state index contributed by atoms with van der Waals surface area (Å²) in [6.45, 7) is 1.99. The van der Waals surface area contributed by atoms with E-state index in [1.165, 1.54) is 0 Å². The Hall–Kier alpha value is -2.80. The van der Waals surface area contributed by atoms with E-state index in [2.05, 4.69) is 15.2 Å². The lowest BCUT2D eigenvalue weighted by Crippen LogP contribution is -1.97. The molecular formula is C17H15N3O3S. The maximum absolute atomic E-state index is 10.6. The van der Waals surface area contributed by atoms with Gasteiger partial charge in [-0.1, -0.05) is 30.0 Å². The zero-order valence-corrected chi connectivity index (χ0v) is 13.7. The van der Waals surface area contributed by atoms with Crippen LogP contribution in [0.25, 0.3) is 22.5 Å². The van der Waals surface area contributed by atoms with Crippen LogP contribution in [-0.4, -0.2) is 37.1 Å². The highest BCUT2D eigenvalue weighted by Gasteiger charge is 2.10. The molecule has 0 saturated carbocycles. The third kappa shape index (κ3) is 3.75. The Labute approximate surface area is 142 Å². The number of aryl methyl sites for hydroxylation is 1. The smallest absolute Gasteiger partial charge is 0.313 e. The van der Waals surface area contributed by atoms with Gasteiger partial charge in [0.2, 0.25) is 5.16 Å². The molecular weight excluding hydrogens is 326 g/mol. The zero-order valence-electron chi connectivity index (χ0n) is 12.9. The number of carboxylic acids is 1. The van der Waals surface area contributed by atoms with Crippen LogP contribution in [0.3, 0.4) is 0 Å². The molecule has 24 heavy (non-hydrogen) atoms. The van der Waals surface area contributed by atoms with Gasteiger partial charge in [0.15, 0.2) is 5.82 Å². The maximum Gasteiger partial charge on any atom is 0.313 e. The van der Waals surface area contributed by atoms with Gasteiger partial charge in [-0.25, -0.2) is 4.98 Å². The number of rotatable bonds is 5. The van der Waals surface area contributed by atoms with Crippen molar-refractivity contribution in [2.24, 2.45) is 0 Å². The molecule has 6 nitrogen and oxygen atoms in total. The summed E-state index contributed by atoms with van der Waals surface area (Å²) in [5.41, 5.74) is 3.92. The summed E-state index contributed by atoms with van der Waals surface area (Å²) in [4.78, 5) is 15.0. The second-order valence-electron chi connectivity index (χ2n) is 5.28. The molecule has 7 heteroatoms. The Balaban J connectivity index is 1.91. The molecule has 3 N–H and O–H groups in total. The molecule has 0 unspecified atom stereocenters. The lowest BCUT2D eigenvalue weighted by atomic mass is 10.00. The Morgan fingerprint density at radius 2 is 1.83 bits per heavy atom. The number of nitrogens with zero attached hydrogens (tertiary/aromatic N) is 2. The van der Waals surface area contributed by atoms with Gasteiger partial charge in [0.1, 0.15) is 5.75 Å². The number of phenolic OH excluding ortho intramolecular Hbond substituents is 1. The van der Waals surface area contributed by atoms with E-state index in [0.717, 1.165) is 34.0 Å². The second kappa shape index (κ2) is 6.76. The molecule has 0 aliphatic heterocycles. The van der Waals surface area contributed by atoms with E-state index in [4.69, 9.17) is 5.11 Å². The predicted octanol–water partition coefficient (Wildman–Crippen LogP) is 3.33. The zero-order chi connectivity index (χ0) is 17.1. The van der Waals surface area contributed by atoms with Crippen molar-refractivity contribution in [3.05, 3.63) is 48.0 Å². The Bertz CT molecular complexity index is 875. The second-order valence-corrected chi connectivity index (χ2v) is 6.23. The van der Waals surface area contributed by atoms with Gasteiger partial charge in [0, 0.05) is 5.56 Å². The maximum atomic E-state index is 10.6. The third-order valence-corrected chi connectivity index (χ3v) is 4.17. The number of phenols is 1. The van der Waals surface area contributed by atoms with Gasteiger partial charge in [-0.2, -0.15) is 0 Å². The van der Waals surface area contributed by atoms with E-state index >= 15 is 0 Å². The van der Waals surface area contributed by atoms with E-state index < -0.39 is 5.97 Å². The van der Waals surface area contributed by atoms with Crippen molar-refractivity contribution in [1.82, 2.24) is 15.2 Å². The van der Waals surface area contributed by atoms with Crippen LogP contribution in [0.1, 0.15) is 5.56 Å². The highest BCUT2D eigenvalue weighted by Crippen LogP contribution is 2.28. The first-order valence-corrected chi connectivity index (χ1v) is 8.18. The van der Waals surface area contributed by atoms with Crippen LogP contribution in [0.4, 0.5) is 0 Å². The number of benzene rings is 2. The molecule has 3 rings (SSSR count). The van der Waals surface area contributed by atoms with E-state index in [-0.39, 0.29) is 11.5 Å². The van der Waals surface area contributed by atoms with Gasteiger partial charge in [-0.3, -0.25) is 9.89 Å². The molecule has 0 bridgehead atoms. The minimum absolute atomic E-state index is 0.0795. The number of aromatic amines is 1. The molecule has 0 fully saturated rings. The van der Waals surface area contributed by atoms with Gasteiger partial charge in [0.25, 0.3) is 0 Å². The first-order chi connectivity index (χ1) is 11.5. The minimum Gasteiger partial charge on any atom is -0.508 e. The van der Waals surface area contributed by atoms with Crippen LogP contribution in [0.5, 0.6) is 5.75 Å². The third-order valence-electron chi connectivity index (χ3n) is 3.34.